The Kier molecular flexibility index (Phi) is 2.43. The molecular weight excluding hydrogens is 212 g/mol. The molecule has 2 heterocycles. The van der Waals surface area contributed by atoms with Crippen molar-refractivity contribution in [1.82, 2.24) is 19.1 Å². The zero-order chi connectivity index (χ0) is 11.7. The van der Waals surface area contributed by atoms with E-state index in [1.54, 1.807) is 11.6 Å². The first-order chi connectivity index (χ1) is 7.63. The van der Waals surface area contributed by atoms with Crippen LogP contribution >= 0.6 is 0 Å². The van der Waals surface area contributed by atoms with Gasteiger partial charge in [0.25, 0.3) is 5.56 Å². The fourth-order valence-electron chi connectivity index (χ4n) is 1.39. The van der Waals surface area contributed by atoms with Gasteiger partial charge in [-0.1, -0.05) is 0 Å². The topological polar surface area (TPSA) is 79.0 Å². The maximum atomic E-state index is 11.9. The summed E-state index contributed by atoms with van der Waals surface area (Å²) in [6.07, 6.45) is 2.79. The van der Waals surface area contributed by atoms with Crippen LogP contribution in [0.1, 0.15) is 0 Å². The molecule has 0 aliphatic rings. The lowest BCUT2D eigenvalue weighted by atomic mass is 10.5. The van der Waals surface area contributed by atoms with E-state index in [1.165, 1.54) is 24.3 Å². The van der Waals surface area contributed by atoms with Gasteiger partial charge in [-0.2, -0.15) is 0 Å². The average Bonchev–Trinajstić information content (AvgIpc) is 2.65. The van der Waals surface area contributed by atoms with Crippen molar-refractivity contribution < 1.29 is 9.53 Å². The average molecular weight is 222 g/mol. The summed E-state index contributed by atoms with van der Waals surface area (Å²) in [5.74, 6) is -0.495. The zero-order valence-electron chi connectivity index (χ0n) is 8.88. The van der Waals surface area contributed by atoms with E-state index >= 15 is 0 Å². The molecule has 0 fully saturated rings. The molecule has 0 saturated heterocycles. The number of aryl methyl sites for hydroxylation is 1. The first kappa shape index (κ1) is 10.3. The van der Waals surface area contributed by atoms with Crippen LogP contribution in [-0.4, -0.2) is 32.2 Å². The van der Waals surface area contributed by atoms with Gasteiger partial charge in [0.2, 0.25) is 0 Å². The van der Waals surface area contributed by atoms with Crippen LogP contribution in [0.5, 0.6) is 0 Å². The molecule has 0 aliphatic heterocycles. The molecule has 7 heteroatoms. The van der Waals surface area contributed by atoms with Crippen LogP contribution in [0.25, 0.3) is 11.2 Å². The highest BCUT2D eigenvalue weighted by atomic mass is 16.5. The van der Waals surface area contributed by atoms with Gasteiger partial charge >= 0.3 is 5.97 Å². The summed E-state index contributed by atoms with van der Waals surface area (Å²) in [4.78, 5) is 30.9. The summed E-state index contributed by atoms with van der Waals surface area (Å²) >= 11 is 0. The number of imidazole rings is 1. The highest BCUT2D eigenvalue weighted by molar-refractivity contribution is 5.71. The number of methoxy groups -OCH3 is 1. The van der Waals surface area contributed by atoms with Gasteiger partial charge in [0, 0.05) is 7.05 Å². The molecule has 0 amide bonds. The fourth-order valence-corrected chi connectivity index (χ4v) is 1.39. The lowest BCUT2D eigenvalue weighted by molar-refractivity contribution is -0.141. The van der Waals surface area contributed by atoms with Gasteiger partial charge in [0.1, 0.15) is 12.9 Å². The molecule has 7 nitrogen and oxygen atoms in total. The minimum atomic E-state index is -0.495. The molecule has 0 atom stereocenters. The van der Waals surface area contributed by atoms with Crippen molar-refractivity contribution in [3.8, 4) is 0 Å². The number of esters is 1. The van der Waals surface area contributed by atoms with Crippen LogP contribution in [-0.2, 0) is 23.1 Å². The van der Waals surface area contributed by atoms with Gasteiger partial charge in [0.15, 0.2) is 11.2 Å². The Morgan fingerprint density at radius 3 is 2.81 bits per heavy atom. The third-order valence-electron chi connectivity index (χ3n) is 2.23. The molecule has 0 spiro atoms. The van der Waals surface area contributed by atoms with Crippen molar-refractivity contribution >= 4 is 17.1 Å². The maximum absolute atomic E-state index is 11.9. The van der Waals surface area contributed by atoms with Crippen LogP contribution in [0.2, 0.25) is 0 Å². The fraction of sp³-hybridized carbons (Fsp3) is 0.333. The predicted octanol–water partition coefficient (Wildman–Crippen LogP) is -0.697. The highest BCUT2D eigenvalue weighted by Crippen LogP contribution is 2.01. The zero-order valence-corrected chi connectivity index (χ0v) is 8.88. The number of carbonyl (C=O) groups is 1. The van der Waals surface area contributed by atoms with Gasteiger partial charge in [-0.05, 0) is 0 Å². The Morgan fingerprint density at radius 2 is 2.12 bits per heavy atom. The quantitative estimate of drug-likeness (QED) is 0.628. The van der Waals surface area contributed by atoms with Crippen molar-refractivity contribution in [3.05, 3.63) is 23.0 Å². The van der Waals surface area contributed by atoms with Crippen LogP contribution in [0.3, 0.4) is 0 Å². The molecular formula is C9H10N4O3. The standard InChI is InChI=1S/C9H10N4O3/c1-12-4-10-8-7(12)9(15)13(5-11-8)3-6(14)16-2/h4-5H,3H2,1-2H3. The van der Waals surface area contributed by atoms with E-state index < -0.39 is 5.97 Å². The maximum Gasteiger partial charge on any atom is 0.325 e. The number of carbonyl (C=O) groups excluding carboxylic acids is 1. The Morgan fingerprint density at radius 1 is 1.44 bits per heavy atom. The molecule has 0 N–H and O–H groups in total. The third-order valence-corrected chi connectivity index (χ3v) is 2.23. The predicted molar refractivity (Wildman–Crippen MR) is 54.8 cm³/mol. The van der Waals surface area contributed by atoms with Gasteiger partial charge < -0.3 is 9.30 Å². The second-order valence-corrected chi connectivity index (χ2v) is 3.28. The van der Waals surface area contributed by atoms with E-state index in [2.05, 4.69) is 14.7 Å². The molecule has 0 radical (unpaired) electrons. The highest BCUT2D eigenvalue weighted by Gasteiger charge is 2.10. The van der Waals surface area contributed by atoms with E-state index in [-0.39, 0.29) is 12.1 Å². The van der Waals surface area contributed by atoms with Gasteiger partial charge in [-0.25, -0.2) is 9.97 Å². The van der Waals surface area contributed by atoms with E-state index in [1.807, 2.05) is 0 Å². The molecule has 0 saturated carbocycles. The minimum Gasteiger partial charge on any atom is -0.468 e. The Balaban J connectivity index is 2.56. The normalized spacial score (nSPS) is 10.6. The van der Waals surface area contributed by atoms with Crippen LogP contribution in [0.15, 0.2) is 17.4 Å². The summed E-state index contributed by atoms with van der Waals surface area (Å²) < 4.78 is 7.24. The Bertz CT molecular complexity index is 598. The molecule has 0 aliphatic carbocycles. The summed E-state index contributed by atoms with van der Waals surface area (Å²) in [6, 6.07) is 0. The number of aromatic nitrogens is 4. The molecule has 2 aromatic heterocycles. The number of hydrogen-bond donors (Lipinski definition) is 0. The number of hydrogen-bond acceptors (Lipinski definition) is 5. The van der Waals surface area contributed by atoms with E-state index in [4.69, 9.17) is 0 Å². The second-order valence-electron chi connectivity index (χ2n) is 3.28. The third kappa shape index (κ3) is 1.56. The van der Waals surface area contributed by atoms with Crippen LogP contribution in [0, 0.1) is 0 Å². The van der Waals surface area contributed by atoms with Crippen molar-refractivity contribution in [2.45, 2.75) is 6.54 Å². The Hall–Kier alpha value is -2.18. The first-order valence-corrected chi connectivity index (χ1v) is 4.56. The molecule has 16 heavy (non-hydrogen) atoms. The largest absolute Gasteiger partial charge is 0.468 e. The molecule has 2 rings (SSSR count). The Labute approximate surface area is 90.3 Å². The lowest BCUT2D eigenvalue weighted by Crippen LogP contribution is -2.26. The molecule has 0 unspecified atom stereocenters. The lowest BCUT2D eigenvalue weighted by Gasteiger charge is -2.03. The van der Waals surface area contributed by atoms with E-state index in [0.717, 1.165) is 0 Å². The number of ether oxygens (including phenoxy) is 1. The van der Waals surface area contributed by atoms with Crippen molar-refractivity contribution in [1.29, 1.82) is 0 Å². The van der Waals surface area contributed by atoms with Crippen LogP contribution in [0.4, 0.5) is 0 Å². The first-order valence-electron chi connectivity index (χ1n) is 4.56. The smallest absolute Gasteiger partial charge is 0.325 e. The molecule has 84 valence electrons. The molecule has 0 aromatic carbocycles. The monoisotopic (exact) mass is 222 g/mol. The summed E-state index contributed by atoms with van der Waals surface area (Å²) in [6.45, 7) is -0.149. The number of nitrogens with zero attached hydrogens (tertiary/aromatic N) is 4. The van der Waals surface area contributed by atoms with Gasteiger partial charge in [-0.15, -0.1) is 0 Å². The summed E-state index contributed by atoms with van der Waals surface area (Å²) in [5, 5.41) is 0. The molecule has 2 aromatic rings. The minimum absolute atomic E-state index is 0.149. The number of rotatable bonds is 2. The van der Waals surface area contributed by atoms with Crippen molar-refractivity contribution in [2.75, 3.05) is 7.11 Å². The van der Waals surface area contributed by atoms with Crippen LogP contribution < -0.4 is 5.56 Å². The van der Waals surface area contributed by atoms with Gasteiger partial charge in [0.05, 0.1) is 13.4 Å². The second kappa shape index (κ2) is 3.76. The van der Waals surface area contributed by atoms with Gasteiger partial charge in [-0.3, -0.25) is 14.2 Å². The van der Waals surface area contributed by atoms with E-state index in [0.29, 0.717) is 11.2 Å². The van der Waals surface area contributed by atoms with E-state index in [9.17, 15) is 9.59 Å². The summed E-state index contributed by atoms with van der Waals surface area (Å²) in [5.41, 5.74) is 0.426. The SMILES string of the molecule is COC(=O)Cn1cnc2ncn(C)c2c1=O. The summed E-state index contributed by atoms with van der Waals surface area (Å²) in [7, 11) is 2.96. The van der Waals surface area contributed by atoms with Crippen molar-refractivity contribution in [3.63, 3.8) is 0 Å². The number of fused-ring (bicyclic) bond motifs is 1. The van der Waals surface area contributed by atoms with Crippen molar-refractivity contribution in [2.24, 2.45) is 7.05 Å². The molecule has 0 bridgehead atoms.